The molecule has 1 atom stereocenters. The first-order valence-corrected chi connectivity index (χ1v) is 7.70. The minimum absolute atomic E-state index is 0.437. The molecule has 0 saturated heterocycles. The Kier molecular flexibility index (Phi) is 3.11. The monoisotopic (exact) mass is 273 g/mol. The van der Waals surface area contributed by atoms with E-state index in [9.17, 15) is 0 Å². The van der Waals surface area contributed by atoms with E-state index in [1.807, 2.05) is 0 Å². The van der Waals surface area contributed by atoms with E-state index in [0.717, 1.165) is 5.92 Å². The zero-order valence-corrected chi connectivity index (χ0v) is 12.0. The number of hydrogen-bond acceptors (Lipinski definition) is 1. The van der Waals surface area contributed by atoms with E-state index in [0.29, 0.717) is 6.04 Å². The highest BCUT2D eigenvalue weighted by molar-refractivity contribution is 5.85. The van der Waals surface area contributed by atoms with Gasteiger partial charge in [-0.2, -0.15) is 0 Å². The van der Waals surface area contributed by atoms with Gasteiger partial charge in [-0.05, 0) is 47.2 Å². The molecule has 1 fully saturated rings. The van der Waals surface area contributed by atoms with Gasteiger partial charge in [0.1, 0.15) is 0 Å². The Balaban J connectivity index is 1.65. The maximum absolute atomic E-state index is 3.75. The van der Waals surface area contributed by atoms with Crippen LogP contribution in [0.2, 0.25) is 0 Å². The Hall–Kier alpha value is -2.28. The Labute approximate surface area is 125 Å². The van der Waals surface area contributed by atoms with Crippen LogP contribution in [0.25, 0.3) is 10.8 Å². The van der Waals surface area contributed by atoms with Crippen molar-refractivity contribution in [3.63, 3.8) is 0 Å². The molecule has 1 aliphatic rings. The molecule has 0 amide bonds. The first-order chi connectivity index (χ1) is 10.4. The summed E-state index contributed by atoms with van der Waals surface area (Å²) in [5.41, 5.74) is 2.61. The van der Waals surface area contributed by atoms with Gasteiger partial charge >= 0.3 is 0 Å². The number of anilines is 1. The molecule has 3 aromatic rings. The molecule has 1 unspecified atom stereocenters. The summed E-state index contributed by atoms with van der Waals surface area (Å²) >= 11 is 0. The predicted octanol–water partition coefficient (Wildman–Crippen LogP) is 5.40. The minimum Gasteiger partial charge on any atom is -0.378 e. The normalized spacial score (nSPS) is 15.8. The average molecular weight is 273 g/mol. The number of rotatable bonds is 4. The van der Waals surface area contributed by atoms with Crippen molar-refractivity contribution >= 4 is 16.5 Å². The van der Waals surface area contributed by atoms with Gasteiger partial charge in [0.25, 0.3) is 0 Å². The van der Waals surface area contributed by atoms with E-state index < -0.39 is 0 Å². The Morgan fingerprint density at radius 2 is 1.48 bits per heavy atom. The highest BCUT2D eigenvalue weighted by Gasteiger charge is 2.32. The Morgan fingerprint density at radius 1 is 0.762 bits per heavy atom. The summed E-state index contributed by atoms with van der Waals surface area (Å²) in [5.74, 6) is 0.777. The molecule has 0 heterocycles. The SMILES string of the molecule is c1ccc(C(Nc2ccc3ccccc3c2)C2CC2)cc1. The first kappa shape index (κ1) is 12.5. The van der Waals surface area contributed by atoms with Gasteiger partial charge in [-0.1, -0.05) is 60.7 Å². The van der Waals surface area contributed by atoms with Gasteiger partial charge in [-0.25, -0.2) is 0 Å². The second-order valence-electron chi connectivity index (χ2n) is 5.93. The molecule has 104 valence electrons. The lowest BCUT2D eigenvalue weighted by Gasteiger charge is -2.20. The van der Waals surface area contributed by atoms with Gasteiger partial charge in [0.15, 0.2) is 0 Å². The fourth-order valence-corrected chi connectivity index (χ4v) is 3.02. The molecule has 3 aromatic carbocycles. The molecule has 1 saturated carbocycles. The van der Waals surface area contributed by atoms with E-state index >= 15 is 0 Å². The molecular formula is C20H19N. The summed E-state index contributed by atoms with van der Waals surface area (Å²) in [4.78, 5) is 0. The second kappa shape index (κ2) is 5.25. The summed E-state index contributed by atoms with van der Waals surface area (Å²) in [6.07, 6.45) is 2.67. The average Bonchev–Trinajstić information content (AvgIpc) is 3.38. The summed E-state index contributed by atoms with van der Waals surface area (Å²) in [7, 11) is 0. The van der Waals surface area contributed by atoms with Gasteiger partial charge < -0.3 is 5.32 Å². The van der Waals surface area contributed by atoms with E-state index in [-0.39, 0.29) is 0 Å². The third-order valence-electron chi connectivity index (χ3n) is 4.32. The first-order valence-electron chi connectivity index (χ1n) is 7.70. The van der Waals surface area contributed by atoms with Crippen LogP contribution in [-0.2, 0) is 0 Å². The van der Waals surface area contributed by atoms with Gasteiger partial charge in [-0.15, -0.1) is 0 Å². The second-order valence-corrected chi connectivity index (χ2v) is 5.93. The molecule has 1 aliphatic carbocycles. The summed E-state index contributed by atoms with van der Waals surface area (Å²) in [5, 5.41) is 6.34. The van der Waals surface area contributed by atoms with Crippen LogP contribution in [-0.4, -0.2) is 0 Å². The van der Waals surface area contributed by atoms with Crippen molar-refractivity contribution in [2.45, 2.75) is 18.9 Å². The maximum atomic E-state index is 3.75. The van der Waals surface area contributed by atoms with E-state index in [1.165, 1.54) is 34.9 Å². The molecule has 4 rings (SSSR count). The number of benzene rings is 3. The van der Waals surface area contributed by atoms with Crippen molar-refractivity contribution < 1.29 is 0 Å². The van der Waals surface area contributed by atoms with Crippen LogP contribution in [0, 0.1) is 5.92 Å². The molecule has 21 heavy (non-hydrogen) atoms. The zero-order valence-electron chi connectivity index (χ0n) is 12.0. The number of fused-ring (bicyclic) bond motifs is 1. The third-order valence-corrected chi connectivity index (χ3v) is 4.32. The van der Waals surface area contributed by atoms with E-state index in [4.69, 9.17) is 0 Å². The van der Waals surface area contributed by atoms with Crippen molar-refractivity contribution in [1.29, 1.82) is 0 Å². The zero-order chi connectivity index (χ0) is 14.1. The molecular weight excluding hydrogens is 254 g/mol. The summed E-state index contributed by atoms with van der Waals surface area (Å²) in [6, 6.07) is 26.4. The molecule has 0 spiro atoms. The van der Waals surface area contributed by atoms with Gasteiger partial charge in [0, 0.05) is 5.69 Å². The highest BCUT2D eigenvalue weighted by Crippen LogP contribution is 2.43. The van der Waals surface area contributed by atoms with Crippen molar-refractivity contribution in [2.24, 2.45) is 5.92 Å². The van der Waals surface area contributed by atoms with Crippen molar-refractivity contribution in [3.05, 3.63) is 78.4 Å². The number of nitrogens with one attached hydrogen (secondary N) is 1. The maximum Gasteiger partial charge on any atom is 0.0542 e. The topological polar surface area (TPSA) is 12.0 Å². The molecule has 1 heteroatoms. The third kappa shape index (κ3) is 2.64. The van der Waals surface area contributed by atoms with Crippen LogP contribution in [0.15, 0.2) is 72.8 Å². The fourth-order valence-electron chi connectivity index (χ4n) is 3.02. The van der Waals surface area contributed by atoms with E-state index in [2.05, 4.69) is 78.1 Å². The molecule has 1 N–H and O–H groups in total. The van der Waals surface area contributed by atoms with Crippen LogP contribution >= 0.6 is 0 Å². The Morgan fingerprint density at radius 3 is 2.24 bits per heavy atom. The minimum atomic E-state index is 0.437. The van der Waals surface area contributed by atoms with Gasteiger partial charge in [0.2, 0.25) is 0 Å². The van der Waals surface area contributed by atoms with Crippen molar-refractivity contribution in [2.75, 3.05) is 5.32 Å². The lowest BCUT2D eigenvalue weighted by molar-refractivity contribution is 0.679. The quantitative estimate of drug-likeness (QED) is 0.670. The summed E-state index contributed by atoms with van der Waals surface area (Å²) in [6.45, 7) is 0. The standard InChI is InChI=1S/C20H19N/c1-2-7-16(8-3-1)20(17-10-11-17)21-19-13-12-15-6-4-5-9-18(15)14-19/h1-9,12-14,17,20-21H,10-11H2. The van der Waals surface area contributed by atoms with Crippen molar-refractivity contribution in [3.8, 4) is 0 Å². The lowest BCUT2D eigenvalue weighted by atomic mass is 10.0. The predicted molar refractivity (Wildman–Crippen MR) is 89.5 cm³/mol. The van der Waals surface area contributed by atoms with E-state index in [1.54, 1.807) is 0 Å². The van der Waals surface area contributed by atoms with Gasteiger partial charge in [-0.3, -0.25) is 0 Å². The fraction of sp³-hybridized carbons (Fsp3) is 0.200. The number of hydrogen-bond donors (Lipinski definition) is 1. The molecule has 0 aliphatic heterocycles. The molecule has 0 aromatic heterocycles. The molecule has 0 bridgehead atoms. The highest BCUT2D eigenvalue weighted by atomic mass is 14.9. The molecule has 1 nitrogen and oxygen atoms in total. The van der Waals surface area contributed by atoms with Crippen LogP contribution in [0.4, 0.5) is 5.69 Å². The smallest absolute Gasteiger partial charge is 0.0542 e. The lowest BCUT2D eigenvalue weighted by Crippen LogP contribution is -2.12. The van der Waals surface area contributed by atoms with Gasteiger partial charge in [0.05, 0.1) is 6.04 Å². The van der Waals surface area contributed by atoms with Crippen LogP contribution in [0.5, 0.6) is 0 Å². The largest absolute Gasteiger partial charge is 0.378 e. The van der Waals surface area contributed by atoms with Crippen molar-refractivity contribution in [1.82, 2.24) is 0 Å². The summed E-state index contributed by atoms with van der Waals surface area (Å²) < 4.78 is 0. The van der Waals surface area contributed by atoms with Crippen LogP contribution < -0.4 is 5.32 Å². The van der Waals surface area contributed by atoms with Crippen LogP contribution in [0.1, 0.15) is 24.4 Å². The van der Waals surface area contributed by atoms with Crippen LogP contribution in [0.3, 0.4) is 0 Å². The Bertz CT molecular complexity index is 744. The molecule has 0 radical (unpaired) electrons.